The molecule has 0 heterocycles. The van der Waals surface area contributed by atoms with Crippen LogP contribution in [0.3, 0.4) is 0 Å². The summed E-state index contributed by atoms with van der Waals surface area (Å²) in [5.41, 5.74) is 0.250. The van der Waals surface area contributed by atoms with E-state index in [0.717, 1.165) is 0 Å². The summed E-state index contributed by atoms with van der Waals surface area (Å²) in [5, 5.41) is 11.0. The van der Waals surface area contributed by atoms with Crippen molar-refractivity contribution in [3.8, 4) is 0 Å². The van der Waals surface area contributed by atoms with Crippen LogP contribution in [0.15, 0.2) is 24.3 Å². The number of nitro benzene ring substituents is 1. The summed E-state index contributed by atoms with van der Waals surface area (Å²) in [6.45, 7) is 1.37. The number of rotatable bonds is 3. The van der Waals surface area contributed by atoms with Crippen LogP contribution in [0.5, 0.6) is 0 Å². The molecule has 0 spiro atoms. The van der Waals surface area contributed by atoms with Gasteiger partial charge in [-0.3, -0.25) is 14.9 Å². The number of hydrogen-bond donors (Lipinski definition) is 0. The number of hydrogen-bond acceptors (Lipinski definition) is 3. The van der Waals surface area contributed by atoms with Gasteiger partial charge in [0.1, 0.15) is 0 Å². The standard InChI is InChI=1S/C10H8ClNO3/c1-7(13)2-3-8-6-9(11)4-5-10(8)12(14)15/h2-6H,1H3/b3-2+. The third kappa shape index (κ3) is 3.18. The van der Waals surface area contributed by atoms with Crippen LogP contribution < -0.4 is 0 Å². The van der Waals surface area contributed by atoms with Crippen molar-refractivity contribution in [2.45, 2.75) is 6.92 Å². The van der Waals surface area contributed by atoms with Crippen molar-refractivity contribution in [1.29, 1.82) is 0 Å². The van der Waals surface area contributed by atoms with Gasteiger partial charge in [-0.05, 0) is 31.2 Å². The Bertz CT molecular complexity index is 440. The summed E-state index contributed by atoms with van der Waals surface area (Å²) in [4.78, 5) is 20.8. The van der Waals surface area contributed by atoms with Crippen LogP contribution in [0.4, 0.5) is 5.69 Å². The SMILES string of the molecule is CC(=O)/C=C/c1cc(Cl)ccc1[N+](=O)[O-]. The van der Waals surface area contributed by atoms with Gasteiger partial charge in [0.05, 0.1) is 10.5 Å². The van der Waals surface area contributed by atoms with Gasteiger partial charge in [0, 0.05) is 11.1 Å². The Morgan fingerprint density at radius 3 is 2.73 bits per heavy atom. The van der Waals surface area contributed by atoms with Gasteiger partial charge in [0.15, 0.2) is 5.78 Å². The lowest BCUT2D eigenvalue weighted by Crippen LogP contribution is -1.91. The molecule has 78 valence electrons. The third-order valence-corrected chi connectivity index (χ3v) is 1.92. The number of benzene rings is 1. The molecule has 0 saturated heterocycles. The summed E-state index contributed by atoms with van der Waals surface area (Å²) in [6, 6.07) is 4.19. The monoisotopic (exact) mass is 225 g/mol. The van der Waals surface area contributed by atoms with Crippen molar-refractivity contribution in [2.24, 2.45) is 0 Å². The Morgan fingerprint density at radius 1 is 1.53 bits per heavy atom. The van der Waals surface area contributed by atoms with Crippen LogP contribution in [0.2, 0.25) is 5.02 Å². The van der Waals surface area contributed by atoms with Gasteiger partial charge in [-0.1, -0.05) is 11.6 Å². The van der Waals surface area contributed by atoms with Crippen molar-refractivity contribution >= 4 is 29.1 Å². The molecular weight excluding hydrogens is 218 g/mol. The second-order valence-corrected chi connectivity index (χ2v) is 3.34. The average Bonchev–Trinajstić information content (AvgIpc) is 2.14. The first-order chi connectivity index (χ1) is 7.00. The zero-order chi connectivity index (χ0) is 11.4. The summed E-state index contributed by atoms with van der Waals surface area (Å²) in [6.07, 6.45) is 2.64. The number of ketones is 1. The molecular formula is C10H8ClNO3. The lowest BCUT2D eigenvalue weighted by atomic mass is 10.1. The van der Waals surface area contributed by atoms with E-state index < -0.39 is 4.92 Å². The molecule has 0 amide bonds. The zero-order valence-corrected chi connectivity index (χ0v) is 8.69. The minimum Gasteiger partial charge on any atom is -0.295 e. The summed E-state index contributed by atoms with van der Waals surface area (Å²) in [7, 11) is 0. The molecule has 1 aromatic rings. The normalized spacial score (nSPS) is 10.5. The largest absolute Gasteiger partial charge is 0.295 e. The number of carbonyl (C=O) groups is 1. The highest BCUT2D eigenvalue weighted by atomic mass is 35.5. The molecule has 0 N–H and O–H groups in total. The molecule has 15 heavy (non-hydrogen) atoms. The van der Waals surface area contributed by atoms with E-state index in [4.69, 9.17) is 11.6 Å². The fraction of sp³-hybridized carbons (Fsp3) is 0.100. The predicted molar refractivity (Wildman–Crippen MR) is 57.8 cm³/mol. The fourth-order valence-corrected chi connectivity index (χ4v) is 1.21. The molecule has 0 saturated carbocycles. The smallest absolute Gasteiger partial charge is 0.276 e. The molecule has 1 aromatic carbocycles. The molecule has 0 aliphatic carbocycles. The molecule has 5 heteroatoms. The fourth-order valence-electron chi connectivity index (χ4n) is 1.03. The van der Waals surface area contributed by atoms with Gasteiger partial charge in [-0.25, -0.2) is 0 Å². The lowest BCUT2D eigenvalue weighted by Gasteiger charge is -1.97. The maximum absolute atomic E-state index is 10.7. The molecule has 0 radical (unpaired) electrons. The first-order valence-corrected chi connectivity index (χ1v) is 4.51. The Hall–Kier alpha value is -1.68. The molecule has 0 aliphatic heterocycles. The first-order valence-electron chi connectivity index (χ1n) is 4.13. The number of nitrogens with zero attached hydrogens (tertiary/aromatic N) is 1. The van der Waals surface area contributed by atoms with Crippen LogP contribution in [-0.4, -0.2) is 10.7 Å². The zero-order valence-electron chi connectivity index (χ0n) is 7.94. The van der Waals surface area contributed by atoms with Gasteiger partial charge in [-0.15, -0.1) is 0 Å². The highest BCUT2D eigenvalue weighted by Gasteiger charge is 2.11. The number of allylic oxidation sites excluding steroid dienone is 1. The predicted octanol–water partition coefficient (Wildman–Crippen LogP) is 2.85. The van der Waals surface area contributed by atoms with Gasteiger partial charge in [-0.2, -0.15) is 0 Å². The van der Waals surface area contributed by atoms with E-state index in [0.29, 0.717) is 10.6 Å². The minimum absolute atomic E-state index is 0.0723. The van der Waals surface area contributed by atoms with Gasteiger partial charge in [0.2, 0.25) is 0 Å². The van der Waals surface area contributed by atoms with E-state index in [1.165, 1.54) is 37.3 Å². The minimum atomic E-state index is -0.518. The maximum atomic E-state index is 10.7. The van der Waals surface area contributed by atoms with E-state index in [9.17, 15) is 14.9 Å². The molecule has 4 nitrogen and oxygen atoms in total. The average molecular weight is 226 g/mol. The van der Waals surface area contributed by atoms with E-state index in [2.05, 4.69) is 0 Å². The molecule has 1 rings (SSSR count). The van der Waals surface area contributed by atoms with Crippen LogP contribution in [0.1, 0.15) is 12.5 Å². The first kappa shape index (κ1) is 11.4. The van der Waals surface area contributed by atoms with Crippen LogP contribution >= 0.6 is 11.6 Å². The van der Waals surface area contributed by atoms with Crippen LogP contribution in [0.25, 0.3) is 6.08 Å². The molecule has 0 aromatic heterocycles. The Balaban J connectivity index is 3.18. The van der Waals surface area contributed by atoms with Gasteiger partial charge < -0.3 is 0 Å². The van der Waals surface area contributed by atoms with E-state index in [1.807, 2.05) is 0 Å². The molecule has 0 bridgehead atoms. The van der Waals surface area contributed by atoms with E-state index in [-0.39, 0.29) is 11.5 Å². The van der Waals surface area contributed by atoms with Crippen LogP contribution in [-0.2, 0) is 4.79 Å². The quantitative estimate of drug-likeness (QED) is 0.451. The number of halogens is 1. The number of carbonyl (C=O) groups excluding carboxylic acids is 1. The topological polar surface area (TPSA) is 60.2 Å². The summed E-state index contributed by atoms with van der Waals surface area (Å²) < 4.78 is 0. The third-order valence-electron chi connectivity index (χ3n) is 1.68. The summed E-state index contributed by atoms with van der Waals surface area (Å²) in [5.74, 6) is -0.177. The van der Waals surface area contributed by atoms with Crippen LogP contribution in [0, 0.1) is 10.1 Å². The lowest BCUT2D eigenvalue weighted by molar-refractivity contribution is -0.385. The van der Waals surface area contributed by atoms with Crippen molar-refractivity contribution in [3.05, 3.63) is 45.0 Å². The maximum Gasteiger partial charge on any atom is 0.276 e. The Labute approximate surface area is 91.3 Å². The summed E-state index contributed by atoms with van der Waals surface area (Å²) >= 11 is 5.70. The molecule has 0 aliphatic rings. The highest BCUT2D eigenvalue weighted by Crippen LogP contribution is 2.23. The highest BCUT2D eigenvalue weighted by molar-refractivity contribution is 6.30. The Kier molecular flexibility index (Phi) is 3.57. The van der Waals surface area contributed by atoms with Crippen molar-refractivity contribution in [3.63, 3.8) is 0 Å². The van der Waals surface area contributed by atoms with Crippen molar-refractivity contribution in [2.75, 3.05) is 0 Å². The van der Waals surface area contributed by atoms with E-state index in [1.54, 1.807) is 0 Å². The van der Waals surface area contributed by atoms with Gasteiger partial charge >= 0.3 is 0 Å². The van der Waals surface area contributed by atoms with Crippen molar-refractivity contribution < 1.29 is 9.72 Å². The second-order valence-electron chi connectivity index (χ2n) is 2.90. The Morgan fingerprint density at radius 2 is 2.20 bits per heavy atom. The molecule has 0 fully saturated rings. The molecule has 0 unspecified atom stereocenters. The number of nitro groups is 1. The van der Waals surface area contributed by atoms with Gasteiger partial charge in [0.25, 0.3) is 5.69 Å². The second kappa shape index (κ2) is 4.70. The van der Waals surface area contributed by atoms with Crippen molar-refractivity contribution in [1.82, 2.24) is 0 Å². The van der Waals surface area contributed by atoms with E-state index >= 15 is 0 Å². The molecule has 0 atom stereocenters.